The van der Waals surface area contributed by atoms with Gasteiger partial charge in [-0.2, -0.15) is 0 Å². The number of halogens is 2. The van der Waals surface area contributed by atoms with Crippen LogP contribution in [0.25, 0.3) is 0 Å². The zero-order valence-electron chi connectivity index (χ0n) is 13.9. The largest absolute Gasteiger partial charge is 0.382 e. The average molecular weight is 359 g/mol. The summed E-state index contributed by atoms with van der Waals surface area (Å²) in [6.07, 6.45) is 6.14. The van der Waals surface area contributed by atoms with Gasteiger partial charge in [0.05, 0.1) is 0 Å². The lowest BCUT2D eigenvalue weighted by atomic mass is 9.84. The van der Waals surface area contributed by atoms with Gasteiger partial charge < -0.3 is 16.2 Å². The molecule has 0 spiro atoms. The van der Waals surface area contributed by atoms with E-state index in [0.717, 1.165) is 18.4 Å². The molecule has 1 unspecified atom stereocenters. The number of nitrogens with two attached hydrogens (primary N) is 1. The molecular weight excluding hydrogens is 331 g/mol. The first kappa shape index (κ1) is 20.9. The molecule has 0 bridgehead atoms. The fourth-order valence-electron chi connectivity index (χ4n) is 3.22. The summed E-state index contributed by atoms with van der Waals surface area (Å²) in [6.45, 7) is 0.400. The molecule has 1 aromatic carbocycles. The van der Waals surface area contributed by atoms with E-state index in [2.05, 4.69) is 5.32 Å². The maximum atomic E-state index is 12.8. The monoisotopic (exact) mass is 358 g/mol. The molecule has 0 saturated heterocycles. The van der Waals surface area contributed by atoms with E-state index in [0.29, 0.717) is 25.3 Å². The zero-order valence-corrected chi connectivity index (χ0v) is 14.7. The first-order valence-corrected chi connectivity index (χ1v) is 8.52. The van der Waals surface area contributed by atoms with Crippen molar-refractivity contribution < 1.29 is 14.3 Å². The van der Waals surface area contributed by atoms with E-state index in [4.69, 9.17) is 5.73 Å². The number of hydrogen-bond donors (Lipinski definition) is 3. The number of rotatable bonds is 7. The standard InChI is InChI=1S/C18H27FN2O2.ClH/c19-15-8-6-13(7-9-15)10-11-21-18(23)17(22)16(20)12-14-4-2-1-3-5-14;/h6-9,14,16-17,22H,1-5,10-12,20H2,(H,21,23);1H/t16-,17?;/m1./s1. The molecule has 0 radical (unpaired) electrons. The zero-order chi connectivity index (χ0) is 16.7. The summed E-state index contributed by atoms with van der Waals surface area (Å²) in [7, 11) is 0. The second-order valence-electron chi connectivity index (χ2n) is 6.52. The van der Waals surface area contributed by atoms with E-state index in [1.807, 2.05) is 0 Å². The van der Waals surface area contributed by atoms with Gasteiger partial charge in [-0.25, -0.2) is 4.39 Å². The summed E-state index contributed by atoms with van der Waals surface area (Å²) in [5.74, 6) is -0.169. The van der Waals surface area contributed by atoms with E-state index in [1.54, 1.807) is 12.1 Å². The first-order valence-electron chi connectivity index (χ1n) is 8.52. The summed E-state index contributed by atoms with van der Waals surface area (Å²) < 4.78 is 12.8. The van der Waals surface area contributed by atoms with Crippen molar-refractivity contribution in [2.24, 2.45) is 11.7 Å². The molecule has 136 valence electrons. The van der Waals surface area contributed by atoms with Gasteiger partial charge in [-0.15, -0.1) is 12.4 Å². The van der Waals surface area contributed by atoms with Crippen LogP contribution in [0.4, 0.5) is 4.39 Å². The van der Waals surface area contributed by atoms with Gasteiger partial charge in [-0.05, 0) is 36.5 Å². The van der Waals surface area contributed by atoms with Crippen LogP contribution in [-0.2, 0) is 11.2 Å². The Labute approximate surface area is 149 Å². The first-order chi connectivity index (χ1) is 11.1. The van der Waals surface area contributed by atoms with Crippen LogP contribution in [0.2, 0.25) is 0 Å². The predicted molar refractivity (Wildman–Crippen MR) is 95.5 cm³/mol. The second-order valence-corrected chi connectivity index (χ2v) is 6.52. The second kappa shape index (κ2) is 10.6. The quantitative estimate of drug-likeness (QED) is 0.701. The normalized spacial score (nSPS) is 17.6. The minimum Gasteiger partial charge on any atom is -0.382 e. The molecule has 24 heavy (non-hydrogen) atoms. The van der Waals surface area contributed by atoms with Crippen LogP contribution in [0.3, 0.4) is 0 Å². The lowest BCUT2D eigenvalue weighted by Gasteiger charge is -2.26. The maximum Gasteiger partial charge on any atom is 0.250 e. The molecule has 0 heterocycles. The molecule has 2 rings (SSSR count). The van der Waals surface area contributed by atoms with Crippen LogP contribution >= 0.6 is 12.4 Å². The SMILES string of the molecule is Cl.N[C@H](CC1CCCCC1)C(O)C(=O)NCCc1ccc(F)cc1. The van der Waals surface area contributed by atoms with Crippen LogP contribution in [-0.4, -0.2) is 29.7 Å². The third-order valence-electron chi connectivity index (χ3n) is 4.63. The van der Waals surface area contributed by atoms with Crippen LogP contribution in [0.5, 0.6) is 0 Å². The number of carbonyl (C=O) groups is 1. The highest BCUT2D eigenvalue weighted by Gasteiger charge is 2.26. The van der Waals surface area contributed by atoms with E-state index >= 15 is 0 Å². The number of aliphatic hydroxyl groups excluding tert-OH is 1. The molecule has 1 saturated carbocycles. The smallest absolute Gasteiger partial charge is 0.250 e. The Balaban J connectivity index is 0.00000288. The van der Waals surface area contributed by atoms with E-state index < -0.39 is 18.1 Å². The summed E-state index contributed by atoms with van der Waals surface area (Å²) in [6, 6.07) is 5.65. The number of amides is 1. The van der Waals surface area contributed by atoms with Crippen LogP contribution in [0.1, 0.15) is 44.1 Å². The van der Waals surface area contributed by atoms with Gasteiger partial charge >= 0.3 is 0 Å². The Bertz CT molecular complexity index is 492. The van der Waals surface area contributed by atoms with Crippen LogP contribution in [0, 0.1) is 11.7 Å². The van der Waals surface area contributed by atoms with Crippen LogP contribution < -0.4 is 11.1 Å². The van der Waals surface area contributed by atoms with Gasteiger partial charge in [0.1, 0.15) is 11.9 Å². The topological polar surface area (TPSA) is 75.3 Å². The van der Waals surface area contributed by atoms with Crippen LogP contribution in [0.15, 0.2) is 24.3 Å². The van der Waals surface area contributed by atoms with Crippen molar-refractivity contribution in [3.8, 4) is 0 Å². The molecular formula is C18H28ClFN2O2. The molecule has 1 aliphatic carbocycles. The van der Waals surface area contributed by atoms with Crippen molar-refractivity contribution in [3.05, 3.63) is 35.6 Å². The number of nitrogens with one attached hydrogen (secondary N) is 1. The van der Waals surface area contributed by atoms with Gasteiger partial charge in [0.2, 0.25) is 5.91 Å². The Morgan fingerprint density at radius 1 is 1.25 bits per heavy atom. The molecule has 0 aromatic heterocycles. The molecule has 1 aromatic rings. The van der Waals surface area contributed by atoms with Crippen molar-refractivity contribution in [3.63, 3.8) is 0 Å². The summed E-state index contributed by atoms with van der Waals surface area (Å²) >= 11 is 0. The van der Waals surface area contributed by atoms with Gasteiger partial charge in [0.15, 0.2) is 0 Å². The number of hydrogen-bond acceptors (Lipinski definition) is 3. The summed E-state index contributed by atoms with van der Waals surface area (Å²) in [4.78, 5) is 12.0. The number of aliphatic hydroxyl groups is 1. The number of benzene rings is 1. The Kier molecular flexibility index (Phi) is 9.26. The minimum absolute atomic E-state index is 0. The fourth-order valence-corrected chi connectivity index (χ4v) is 3.22. The van der Waals surface area contributed by atoms with Gasteiger partial charge in [0.25, 0.3) is 0 Å². The maximum absolute atomic E-state index is 12.8. The van der Waals surface area contributed by atoms with Crippen molar-refractivity contribution in [2.45, 2.75) is 57.1 Å². The molecule has 4 N–H and O–H groups in total. The lowest BCUT2D eigenvalue weighted by Crippen LogP contribution is -2.47. The highest BCUT2D eigenvalue weighted by Crippen LogP contribution is 2.27. The Hall–Kier alpha value is -1.17. The van der Waals surface area contributed by atoms with Gasteiger partial charge in [-0.1, -0.05) is 44.2 Å². The minimum atomic E-state index is -1.16. The van der Waals surface area contributed by atoms with Crippen molar-refractivity contribution >= 4 is 18.3 Å². The van der Waals surface area contributed by atoms with Gasteiger partial charge in [-0.3, -0.25) is 4.79 Å². The highest BCUT2D eigenvalue weighted by molar-refractivity contribution is 5.85. The summed E-state index contributed by atoms with van der Waals surface area (Å²) in [5.41, 5.74) is 6.93. The fraction of sp³-hybridized carbons (Fsp3) is 0.611. The lowest BCUT2D eigenvalue weighted by molar-refractivity contribution is -0.130. The molecule has 1 amide bonds. The predicted octanol–water partition coefficient (Wildman–Crippen LogP) is 2.56. The van der Waals surface area contributed by atoms with Crippen molar-refractivity contribution in [1.82, 2.24) is 5.32 Å². The third-order valence-corrected chi connectivity index (χ3v) is 4.63. The molecule has 2 atom stereocenters. The highest BCUT2D eigenvalue weighted by atomic mass is 35.5. The average Bonchev–Trinajstić information content (AvgIpc) is 2.56. The Morgan fingerprint density at radius 2 is 1.88 bits per heavy atom. The Morgan fingerprint density at radius 3 is 2.50 bits per heavy atom. The van der Waals surface area contributed by atoms with Gasteiger partial charge in [0, 0.05) is 12.6 Å². The van der Waals surface area contributed by atoms with E-state index in [9.17, 15) is 14.3 Å². The number of carbonyl (C=O) groups excluding carboxylic acids is 1. The molecule has 0 aliphatic heterocycles. The molecule has 4 nitrogen and oxygen atoms in total. The van der Waals surface area contributed by atoms with E-state index in [1.165, 1.54) is 31.4 Å². The molecule has 1 aliphatic rings. The van der Waals surface area contributed by atoms with Crippen molar-refractivity contribution in [1.29, 1.82) is 0 Å². The van der Waals surface area contributed by atoms with Crippen molar-refractivity contribution in [2.75, 3.05) is 6.54 Å². The molecule has 1 fully saturated rings. The van der Waals surface area contributed by atoms with E-state index in [-0.39, 0.29) is 18.2 Å². The third kappa shape index (κ3) is 6.75. The summed E-state index contributed by atoms with van der Waals surface area (Å²) in [5, 5.41) is 12.8. The molecule has 6 heteroatoms.